The first-order valence-corrected chi connectivity index (χ1v) is 8.74. The van der Waals surface area contributed by atoms with Gasteiger partial charge < -0.3 is 4.42 Å². The van der Waals surface area contributed by atoms with E-state index in [0.29, 0.717) is 28.6 Å². The lowest BCUT2D eigenvalue weighted by molar-refractivity contribution is 0.561. The summed E-state index contributed by atoms with van der Waals surface area (Å²) in [5.41, 5.74) is 1.08. The predicted octanol–water partition coefficient (Wildman–Crippen LogP) is 3.32. The van der Waals surface area contributed by atoms with Crippen molar-refractivity contribution in [3.8, 4) is 0 Å². The standard InChI is InChI=1S/C18H15NO4S/c1-2-6-14-15-9-12-18(20)23-17(15)11-10-16(14)19-24(21,22)13-7-4-3-5-8-13/h2-5,7-12,19H,1,6H2. The van der Waals surface area contributed by atoms with Crippen LogP contribution in [0.2, 0.25) is 0 Å². The Morgan fingerprint density at radius 2 is 1.79 bits per heavy atom. The molecule has 0 aliphatic carbocycles. The quantitative estimate of drug-likeness (QED) is 0.570. The highest BCUT2D eigenvalue weighted by Crippen LogP contribution is 2.28. The van der Waals surface area contributed by atoms with Crippen LogP contribution >= 0.6 is 0 Å². The number of benzene rings is 2. The van der Waals surface area contributed by atoms with E-state index in [4.69, 9.17) is 4.42 Å². The summed E-state index contributed by atoms with van der Waals surface area (Å²) in [6.45, 7) is 3.71. The molecule has 3 aromatic rings. The van der Waals surface area contributed by atoms with E-state index < -0.39 is 15.6 Å². The van der Waals surface area contributed by atoms with Crippen LogP contribution in [0.25, 0.3) is 11.0 Å². The first kappa shape index (κ1) is 16.0. The van der Waals surface area contributed by atoms with Crippen LogP contribution in [0.3, 0.4) is 0 Å². The Labute approximate surface area is 139 Å². The zero-order valence-electron chi connectivity index (χ0n) is 12.7. The van der Waals surface area contributed by atoms with Crippen LogP contribution in [0.1, 0.15) is 5.56 Å². The van der Waals surface area contributed by atoms with Gasteiger partial charge in [-0.1, -0.05) is 24.3 Å². The Balaban J connectivity index is 2.12. The van der Waals surface area contributed by atoms with Crippen molar-refractivity contribution in [2.45, 2.75) is 11.3 Å². The lowest BCUT2D eigenvalue weighted by Gasteiger charge is -2.13. The lowest BCUT2D eigenvalue weighted by atomic mass is 10.0. The Hall–Kier alpha value is -2.86. The number of sulfonamides is 1. The summed E-state index contributed by atoms with van der Waals surface area (Å²) in [4.78, 5) is 11.5. The molecule has 24 heavy (non-hydrogen) atoms. The maximum absolute atomic E-state index is 12.5. The van der Waals surface area contributed by atoms with Gasteiger partial charge >= 0.3 is 5.63 Å². The van der Waals surface area contributed by atoms with E-state index in [-0.39, 0.29) is 4.90 Å². The summed E-state index contributed by atoms with van der Waals surface area (Å²) in [7, 11) is -3.71. The summed E-state index contributed by atoms with van der Waals surface area (Å²) >= 11 is 0. The zero-order valence-corrected chi connectivity index (χ0v) is 13.5. The molecule has 0 bridgehead atoms. The zero-order chi connectivity index (χ0) is 17.2. The maximum atomic E-state index is 12.5. The van der Waals surface area contributed by atoms with Crippen LogP contribution < -0.4 is 10.3 Å². The van der Waals surface area contributed by atoms with Crippen LogP contribution in [0.5, 0.6) is 0 Å². The van der Waals surface area contributed by atoms with Crippen molar-refractivity contribution in [3.63, 3.8) is 0 Å². The molecule has 0 amide bonds. The van der Waals surface area contributed by atoms with Crippen molar-refractivity contribution < 1.29 is 12.8 Å². The van der Waals surface area contributed by atoms with Crippen LogP contribution in [0.15, 0.2) is 81.4 Å². The molecule has 0 atom stereocenters. The Morgan fingerprint density at radius 1 is 1.04 bits per heavy atom. The molecular weight excluding hydrogens is 326 g/mol. The fourth-order valence-electron chi connectivity index (χ4n) is 2.47. The second-order valence-corrected chi connectivity index (χ2v) is 6.85. The maximum Gasteiger partial charge on any atom is 0.336 e. The smallest absolute Gasteiger partial charge is 0.336 e. The van der Waals surface area contributed by atoms with Crippen molar-refractivity contribution in [2.75, 3.05) is 4.72 Å². The van der Waals surface area contributed by atoms with E-state index >= 15 is 0 Å². The van der Waals surface area contributed by atoms with Gasteiger partial charge in [-0.3, -0.25) is 4.72 Å². The first-order chi connectivity index (χ1) is 11.5. The third kappa shape index (κ3) is 3.09. The molecule has 1 N–H and O–H groups in total. The number of fused-ring (bicyclic) bond motifs is 1. The van der Waals surface area contributed by atoms with Crippen LogP contribution in [-0.4, -0.2) is 8.42 Å². The average molecular weight is 341 g/mol. The SMILES string of the molecule is C=CCc1c(NS(=O)(=O)c2ccccc2)ccc2oc(=O)ccc12. The summed E-state index contributed by atoms with van der Waals surface area (Å²) < 4.78 is 32.8. The lowest BCUT2D eigenvalue weighted by Crippen LogP contribution is -2.14. The third-order valence-corrected chi connectivity index (χ3v) is 4.94. The average Bonchev–Trinajstić information content (AvgIpc) is 2.57. The van der Waals surface area contributed by atoms with Crippen molar-refractivity contribution in [2.24, 2.45) is 0 Å². The van der Waals surface area contributed by atoms with Gasteiger partial charge in [0.25, 0.3) is 10.0 Å². The van der Waals surface area contributed by atoms with Gasteiger partial charge in [-0.25, -0.2) is 13.2 Å². The molecule has 5 nitrogen and oxygen atoms in total. The van der Waals surface area contributed by atoms with Crippen molar-refractivity contribution >= 4 is 26.7 Å². The molecule has 0 unspecified atom stereocenters. The molecule has 0 aliphatic heterocycles. The molecule has 0 saturated carbocycles. The molecule has 0 radical (unpaired) electrons. The highest BCUT2D eigenvalue weighted by Gasteiger charge is 2.17. The second kappa shape index (κ2) is 6.33. The Bertz CT molecular complexity index is 1050. The minimum Gasteiger partial charge on any atom is -0.423 e. The molecule has 3 rings (SSSR count). The van der Waals surface area contributed by atoms with Crippen molar-refractivity contribution in [1.29, 1.82) is 0 Å². The van der Waals surface area contributed by atoms with Crippen LogP contribution in [-0.2, 0) is 16.4 Å². The summed E-state index contributed by atoms with van der Waals surface area (Å²) in [6, 6.07) is 14.2. The molecule has 122 valence electrons. The second-order valence-electron chi connectivity index (χ2n) is 5.17. The molecule has 0 saturated heterocycles. The molecule has 1 aromatic heterocycles. The van der Waals surface area contributed by atoms with E-state index in [1.54, 1.807) is 42.5 Å². The van der Waals surface area contributed by atoms with Gasteiger partial charge in [0, 0.05) is 11.5 Å². The monoisotopic (exact) mass is 341 g/mol. The largest absolute Gasteiger partial charge is 0.423 e. The number of allylic oxidation sites excluding steroid dienone is 1. The fourth-order valence-corrected chi connectivity index (χ4v) is 3.59. The van der Waals surface area contributed by atoms with Gasteiger partial charge in [0.15, 0.2) is 0 Å². The molecule has 1 heterocycles. The molecule has 0 spiro atoms. The molecule has 2 aromatic carbocycles. The van der Waals surface area contributed by atoms with Crippen LogP contribution in [0, 0.1) is 0 Å². The molecule has 0 fully saturated rings. The molecule has 0 aliphatic rings. The number of nitrogens with one attached hydrogen (secondary N) is 1. The fraction of sp³-hybridized carbons (Fsp3) is 0.0556. The van der Waals surface area contributed by atoms with Crippen LogP contribution in [0.4, 0.5) is 5.69 Å². The Morgan fingerprint density at radius 3 is 2.50 bits per heavy atom. The van der Waals surface area contributed by atoms with Gasteiger partial charge in [0.05, 0.1) is 10.6 Å². The topological polar surface area (TPSA) is 76.4 Å². The van der Waals surface area contributed by atoms with E-state index in [1.807, 2.05) is 0 Å². The van der Waals surface area contributed by atoms with Crippen molar-refractivity contribution in [1.82, 2.24) is 0 Å². The molecule has 6 heteroatoms. The Kier molecular flexibility index (Phi) is 4.22. The highest BCUT2D eigenvalue weighted by molar-refractivity contribution is 7.92. The highest BCUT2D eigenvalue weighted by atomic mass is 32.2. The van der Waals surface area contributed by atoms with E-state index in [2.05, 4.69) is 11.3 Å². The summed E-state index contributed by atoms with van der Waals surface area (Å²) in [6.07, 6.45) is 2.10. The molecular formula is C18H15NO4S. The predicted molar refractivity (Wildman–Crippen MR) is 93.6 cm³/mol. The number of hydrogen-bond donors (Lipinski definition) is 1. The number of anilines is 1. The van der Waals surface area contributed by atoms with Gasteiger partial charge in [-0.05, 0) is 42.3 Å². The van der Waals surface area contributed by atoms with Gasteiger partial charge in [-0.2, -0.15) is 0 Å². The van der Waals surface area contributed by atoms with Gasteiger partial charge in [-0.15, -0.1) is 6.58 Å². The summed E-state index contributed by atoms with van der Waals surface area (Å²) in [5.74, 6) is 0. The van der Waals surface area contributed by atoms with Gasteiger partial charge in [0.2, 0.25) is 0 Å². The normalized spacial score (nSPS) is 11.3. The van der Waals surface area contributed by atoms with E-state index in [0.717, 1.165) is 0 Å². The minimum absolute atomic E-state index is 0.175. The minimum atomic E-state index is -3.71. The number of rotatable bonds is 5. The van der Waals surface area contributed by atoms with E-state index in [9.17, 15) is 13.2 Å². The third-order valence-electron chi connectivity index (χ3n) is 3.56. The van der Waals surface area contributed by atoms with E-state index in [1.165, 1.54) is 18.2 Å². The summed E-state index contributed by atoms with van der Waals surface area (Å²) in [5, 5.41) is 0.669. The van der Waals surface area contributed by atoms with Crippen molar-refractivity contribution in [3.05, 3.63) is 83.2 Å². The first-order valence-electron chi connectivity index (χ1n) is 7.26. The van der Waals surface area contributed by atoms with Gasteiger partial charge in [0.1, 0.15) is 5.58 Å². The number of hydrogen-bond acceptors (Lipinski definition) is 4.